The van der Waals surface area contributed by atoms with Crippen molar-refractivity contribution in [3.8, 4) is 5.75 Å². The summed E-state index contributed by atoms with van der Waals surface area (Å²) in [4.78, 5) is 21.8. The highest BCUT2D eigenvalue weighted by molar-refractivity contribution is 5.77. The Morgan fingerprint density at radius 3 is 2.53 bits per heavy atom. The molecule has 0 atom stereocenters. The van der Waals surface area contributed by atoms with Gasteiger partial charge in [0.1, 0.15) is 11.6 Å². The molecule has 2 amide bonds. The average molecular weight is 268 g/mol. The maximum Gasteiger partial charge on any atom is 0.220 e. The van der Waals surface area contributed by atoms with E-state index < -0.39 is 5.91 Å². The number of ether oxygens (including phenoxy) is 1. The maximum atomic E-state index is 12.6. The van der Waals surface area contributed by atoms with E-state index in [1.165, 1.54) is 24.3 Å². The molecule has 0 bridgehead atoms. The van der Waals surface area contributed by atoms with Crippen LogP contribution in [-0.4, -0.2) is 25.0 Å². The van der Waals surface area contributed by atoms with Gasteiger partial charge >= 0.3 is 0 Å². The van der Waals surface area contributed by atoms with Gasteiger partial charge in [-0.3, -0.25) is 9.59 Å². The molecule has 0 aliphatic heterocycles. The van der Waals surface area contributed by atoms with Crippen molar-refractivity contribution in [1.82, 2.24) is 5.32 Å². The van der Waals surface area contributed by atoms with Gasteiger partial charge in [-0.25, -0.2) is 4.39 Å². The molecule has 0 heterocycles. The molecule has 0 aromatic heterocycles. The number of benzene rings is 1. The predicted molar refractivity (Wildman–Crippen MR) is 68.0 cm³/mol. The molecule has 3 N–H and O–H groups in total. The molecular formula is C13H17FN2O3. The molecule has 5 nitrogen and oxygen atoms in total. The van der Waals surface area contributed by atoms with Crippen molar-refractivity contribution < 1.29 is 18.7 Å². The number of hydrogen-bond acceptors (Lipinski definition) is 3. The van der Waals surface area contributed by atoms with Crippen LogP contribution in [0.2, 0.25) is 0 Å². The topological polar surface area (TPSA) is 81.4 Å². The maximum absolute atomic E-state index is 12.6. The lowest BCUT2D eigenvalue weighted by molar-refractivity contribution is -0.121. The zero-order valence-corrected chi connectivity index (χ0v) is 10.5. The van der Waals surface area contributed by atoms with Gasteiger partial charge in [0, 0.05) is 19.4 Å². The Balaban J connectivity index is 2.08. The number of carbonyl (C=O) groups excluding carboxylic acids is 2. The van der Waals surface area contributed by atoms with Crippen molar-refractivity contribution in [2.24, 2.45) is 5.73 Å². The molecule has 19 heavy (non-hydrogen) atoms. The molecule has 0 aliphatic carbocycles. The first kappa shape index (κ1) is 14.9. The molecule has 0 saturated carbocycles. The minimum absolute atomic E-state index is 0.137. The Hall–Kier alpha value is -2.11. The zero-order chi connectivity index (χ0) is 14.1. The van der Waals surface area contributed by atoms with Gasteiger partial charge in [0.05, 0.1) is 6.61 Å². The SMILES string of the molecule is NC(=O)CCNC(=O)CCCOc1ccc(F)cc1. The molecule has 0 radical (unpaired) electrons. The summed E-state index contributed by atoms with van der Waals surface area (Å²) in [5.41, 5.74) is 4.94. The van der Waals surface area contributed by atoms with E-state index in [2.05, 4.69) is 5.32 Å². The normalized spacial score (nSPS) is 9.95. The van der Waals surface area contributed by atoms with Gasteiger partial charge in [0.2, 0.25) is 11.8 Å². The smallest absolute Gasteiger partial charge is 0.220 e. The third-order valence-corrected chi connectivity index (χ3v) is 2.32. The molecule has 0 unspecified atom stereocenters. The molecule has 0 spiro atoms. The number of nitrogens with one attached hydrogen (secondary N) is 1. The predicted octanol–water partition coefficient (Wildman–Crippen LogP) is 0.976. The second-order valence-corrected chi connectivity index (χ2v) is 3.97. The lowest BCUT2D eigenvalue weighted by atomic mass is 10.3. The van der Waals surface area contributed by atoms with Gasteiger partial charge in [-0.15, -0.1) is 0 Å². The van der Waals surface area contributed by atoms with Gasteiger partial charge in [-0.2, -0.15) is 0 Å². The van der Waals surface area contributed by atoms with Crippen LogP contribution in [0.5, 0.6) is 5.75 Å². The van der Waals surface area contributed by atoms with Crippen LogP contribution in [0.3, 0.4) is 0 Å². The van der Waals surface area contributed by atoms with Crippen molar-refractivity contribution in [3.63, 3.8) is 0 Å². The first-order valence-corrected chi connectivity index (χ1v) is 6.01. The van der Waals surface area contributed by atoms with E-state index in [0.717, 1.165) is 0 Å². The summed E-state index contributed by atoms with van der Waals surface area (Å²) >= 11 is 0. The second kappa shape index (κ2) is 8.07. The molecule has 0 fully saturated rings. The van der Waals surface area contributed by atoms with Gasteiger partial charge in [-0.1, -0.05) is 0 Å². The summed E-state index contributed by atoms with van der Waals surface area (Å²) < 4.78 is 17.9. The number of halogens is 1. The Kier molecular flexibility index (Phi) is 6.35. The van der Waals surface area contributed by atoms with Crippen molar-refractivity contribution in [3.05, 3.63) is 30.1 Å². The summed E-state index contributed by atoms with van der Waals surface area (Å²) in [5, 5.41) is 2.58. The highest BCUT2D eigenvalue weighted by atomic mass is 19.1. The minimum Gasteiger partial charge on any atom is -0.494 e. The van der Waals surface area contributed by atoms with Gasteiger partial charge in [0.15, 0.2) is 0 Å². The van der Waals surface area contributed by atoms with E-state index in [4.69, 9.17) is 10.5 Å². The third kappa shape index (κ3) is 7.03. The van der Waals surface area contributed by atoms with Crippen molar-refractivity contribution >= 4 is 11.8 Å². The molecular weight excluding hydrogens is 251 g/mol. The fourth-order valence-electron chi connectivity index (χ4n) is 1.37. The Bertz CT molecular complexity index is 420. The summed E-state index contributed by atoms with van der Waals surface area (Å²) in [6.45, 7) is 0.627. The highest BCUT2D eigenvalue weighted by Gasteiger charge is 2.02. The molecule has 1 aromatic carbocycles. The van der Waals surface area contributed by atoms with Crippen molar-refractivity contribution in [1.29, 1.82) is 0 Å². The van der Waals surface area contributed by atoms with Crippen LogP contribution in [0.25, 0.3) is 0 Å². The molecule has 1 aromatic rings. The summed E-state index contributed by atoms with van der Waals surface area (Å²) in [7, 11) is 0. The zero-order valence-electron chi connectivity index (χ0n) is 10.5. The fourth-order valence-corrected chi connectivity index (χ4v) is 1.37. The molecule has 0 aliphatic rings. The molecule has 1 rings (SSSR count). The van der Waals surface area contributed by atoms with E-state index in [9.17, 15) is 14.0 Å². The van der Waals surface area contributed by atoms with Gasteiger partial charge in [0.25, 0.3) is 0 Å². The number of hydrogen-bond donors (Lipinski definition) is 2. The monoisotopic (exact) mass is 268 g/mol. The number of nitrogens with two attached hydrogens (primary N) is 1. The van der Waals surface area contributed by atoms with Crippen LogP contribution in [0.1, 0.15) is 19.3 Å². The number of primary amides is 1. The van der Waals surface area contributed by atoms with Gasteiger partial charge < -0.3 is 15.8 Å². The molecule has 104 valence electrons. The Labute approximate surface area is 110 Å². The van der Waals surface area contributed by atoms with Crippen molar-refractivity contribution in [2.45, 2.75) is 19.3 Å². The summed E-state index contributed by atoms with van der Waals surface area (Å²) in [5.74, 6) is -0.347. The van der Waals surface area contributed by atoms with Crippen LogP contribution in [0.15, 0.2) is 24.3 Å². The number of amides is 2. The minimum atomic E-state index is -0.444. The van der Waals surface area contributed by atoms with E-state index in [1.54, 1.807) is 0 Å². The third-order valence-electron chi connectivity index (χ3n) is 2.32. The van der Waals surface area contributed by atoms with Crippen LogP contribution in [0.4, 0.5) is 4.39 Å². The standard InChI is InChI=1S/C13H17FN2O3/c14-10-3-5-11(6-4-10)19-9-1-2-13(18)16-8-7-12(15)17/h3-6H,1-2,7-9H2,(H2,15,17)(H,16,18). The second-order valence-electron chi connectivity index (χ2n) is 3.97. The Morgan fingerprint density at radius 1 is 1.21 bits per heavy atom. The lowest BCUT2D eigenvalue weighted by Crippen LogP contribution is -2.27. The van der Waals surface area contributed by atoms with E-state index in [0.29, 0.717) is 25.2 Å². The van der Waals surface area contributed by atoms with Crippen LogP contribution in [0, 0.1) is 5.82 Å². The highest BCUT2D eigenvalue weighted by Crippen LogP contribution is 2.11. The van der Waals surface area contributed by atoms with Crippen LogP contribution >= 0.6 is 0 Å². The van der Waals surface area contributed by atoms with E-state index in [1.807, 2.05) is 0 Å². The molecule has 6 heteroatoms. The first-order chi connectivity index (χ1) is 9.08. The number of rotatable bonds is 8. The quantitative estimate of drug-likeness (QED) is 0.689. The first-order valence-electron chi connectivity index (χ1n) is 6.01. The number of carbonyl (C=O) groups is 2. The van der Waals surface area contributed by atoms with E-state index in [-0.39, 0.29) is 24.7 Å². The van der Waals surface area contributed by atoms with Crippen LogP contribution < -0.4 is 15.8 Å². The average Bonchev–Trinajstić information content (AvgIpc) is 2.36. The Morgan fingerprint density at radius 2 is 1.89 bits per heavy atom. The van der Waals surface area contributed by atoms with Crippen molar-refractivity contribution in [2.75, 3.05) is 13.2 Å². The van der Waals surface area contributed by atoms with E-state index >= 15 is 0 Å². The summed E-state index contributed by atoms with van der Waals surface area (Å²) in [6, 6.07) is 5.68. The lowest BCUT2D eigenvalue weighted by Gasteiger charge is -2.06. The fraction of sp³-hybridized carbons (Fsp3) is 0.385. The van der Waals surface area contributed by atoms with Gasteiger partial charge in [-0.05, 0) is 30.7 Å². The largest absolute Gasteiger partial charge is 0.494 e. The molecule has 0 saturated heterocycles. The summed E-state index contributed by atoms with van der Waals surface area (Å²) in [6.07, 6.45) is 0.984. The van der Waals surface area contributed by atoms with Crippen LogP contribution in [-0.2, 0) is 9.59 Å².